The van der Waals surface area contributed by atoms with Crippen LogP contribution in [-0.2, 0) is 40.8 Å². The lowest BCUT2D eigenvalue weighted by Crippen LogP contribution is -2.25. The van der Waals surface area contributed by atoms with E-state index in [1.807, 2.05) is 30.3 Å². The van der Waals surface area contributed by atoms with Gasteiger partial charge in [-0.25, -0.2) is 0 Å². The number of hydrogen-bond donors (Lipinski definition) is 2. The molecule has 1 fully saturated rings. The summed E-state index contributed by atoms with van der Waals surface area (Å²) in [7, 11) is 1.64. The Labute approximate surface area is 326 Å². The molecular weight excluding hydrogens is 685 g/mol. The maximum absolute atomic E-state index is 13.7. The summed E-state index contributed by atoms with van der Waals surface area (Å²) in [6, 6.07) is 24.7. The number of carbonyl (C=O) groups is 1. The summed E-state index contributed by atoms with van der Waals surface area (Å²) in [6.07, 6.45) is 18.8. The first-order valence-corrected chi connectivity index (χ1v) is 20.2. The summed E-state index contributed by atoms with van der Waals surface area (Å²) >= 11 is 0. The van der Waals surface area contributed by atoms with E-state index in [2.05, 4.69) is 73.6 Å². The Kier molecular flexibility index (Phi) is 12.2. The van der Waals surface area contributed by atoms with Crippen LogP contribution in [0.5, 0.6) is 17.2 Å². The fraction of sp³-hybridized carbons (Fsp3) is 0.408. The maximum Gasteiger partial charge on any atom is 0.161 e. The number of aliphatic hydroxyl groups is 1. The highest BCUT2D eigenvalue weighted by Gasteiger charge is 2.38. The number of phenols is 1. The molecule has 6 bridgehead atoms. The molecule has 4 aromatic rings. The van der Waals surface area contributed by atoms with E-state index in [0.29, 0.717) is 37.4 Å². The number of aromatic hydroxyl groups is 1. The number of hydrogen-bond acceptors (Lipinski definition) is 6. The predicted molar refractivity (Wildman–Crippen MR) is 219 cm³/mol. The molecule has 0 radical (unpaired) electrons. The number of Topliss-reactive ketones (excluding diaryl/α,β-unsaturated/α-hetero) is 1. The molecule has 4 aromatic carbocycles. The normalized spacial score (nSPS) is 20.9. The minimum absolute atomic E-state index is 0.00782. The van der Waals surface area contributed by atoms with E-state index < -0.39 is 11.5 Å². The van der Waals surface area contributed by atoms with Crippen LogP contribution in [0.15, 0.2) is 96.8 Å². The van der Waals surface area contributed by atoms with Crippen LogP contribution >= 0.6 is 0 Å². The summed E-state index contributed by atoms with van der Waals surface area (Å²) < 4.78 is 18.5. The predicted octanol–water partition coefficient (Wildman–Crippen LogP) is 10.8. The third-order valence-electron chi connectivity index (χ3n) is 11.9. The smallest absolute Gasteiger partial charge is 0.161 e. The zero-order valence-electron chi connectivity index (χ0n) is 32.3. The molecule has 3 atom stereocenters. The minimum Gasteiger partial charge on any atom is -0.508 e. The second-order valence-corrected chi connectivity index (χ2v) is 15.7. The van der Waals surface area contributed by atoms with Gasteiger partial charge in [-0.1, -0.05) is 80.8 Å². The first-order valence-electron chi connectivity index (χ1n) is 20.2. The first kappa shape index (κ1) is 38.1. The molecule has 6 heteroatoms. The fourth-order valence-corrected chi connectivity index (χ4v) is 8.98. The number of rotatable bonds is 9. The largest absolute Gasteiger partial charge is 0.508 e. The van der Waals surface area contributed by atoms with Gasteiger partial charge in [0.25, 0.3) is 0 Å². The summed E-state index contributed by atoms with van der Waals surface area (Å²) in [6.45, 7) is 2.46. The Bertz CT molecular complexity index is 2090. The molecule has 0 unspecified atom stereocenters. The Morgan fingerprint density at radius 3 is 2.53 bits per heavy atom. The van der Waals surface area contributed by atoms with Crippen molar-refractivity contribution in [2.45, 2.75) is 109 Å². The van der Waals surface area contributed by atoms with E-state index in [0.717, 1.165) is 90.8 Å². The second-order valence-electron chi connectivity index (χ2n) is 15.7. The van der Waals surface area contributed by atoms with Crippen molar-refractivity contribution in [3.63, 3.8) is 0 Å². The number of ketones is 1. The summed E-state index contributed by atoms with van der Waals surface area (Å²) in [5.74, 6) is 5.69. The summed E-state index contributed by atoms with van der Waals surface area (Å²) in [5, 5.41) is 24.4. The number of carbonyl (C=O) groups excluding carboxylic acids is 1. The van der Waals surface area contributed by atoms with Crippen LogP contribution in [0.25, 0.3) is 10.8 Å². The number of fused-ring (bicyclic) bond motifs is 8. The van der Waals surface area contributed by atoms with Gasteiger partial charge in [-0.3, -0.25) is 4.79 Å². The van der Waals surface area contributed by atoms with Gasteiger partial charge >= 0.3 is 0 Å². The van der Waals surface area contributed by atoms with Gasteiger partial charge in [0, 0.05) is 18.4 Å². The minimum atomic E-state index is -0.580. The number of benzene rings is 4. The van der Waals surface area contributed by atoms with Gasteiger partial charge in [0.05, 0.1) is 12.5 Å². The zero-order valence-corrected chi connectivity index (χ0v) is 32.3. The van der Waals surface area contributed by atoms with E-state index in [1.165, 1.54) is 5.56 Å². The van der Waals surface area contributed by atoms with Crippen molar-refractivity contribution >= 4 is 16.6 Å². The third-order valence-corrected chi connectivity index (χ3v) is 11.9. The van der Waals surface area contributed by atoms with E-state index in [1.54, 1.807) is 13.2 Å². The van der Waals surface area contributed by atoms with Gasteiger partial charge < -0.3 is 24.4 Å². The standard InChI is InChI=1S/C49H54O6/c1-3-37-31-45(52)48-43-21-16-36(27-44(37)43)33-55-47-28-35(17-22-46(47)53-2)15-19-41(51)32-42(54-26-25-49(48)23-9-10-24-49)30-39-29-40(50)20-18-38(39)14-8-7-13-34-11-5-4-6-12-34/h4-6,11-12,16-18,20-22,27-29,31,38-39,42,50,52H,3,7-10,13-15,19,23-24,30,32-33H2,1-2H3/t38-,39-,42+/m1/s1. The van der Waals surface area contributed by atoms with Crippen molar-refractivity contribution in [3.8, 4) is 29.3 Å². The molecule has 2 heterocycles. The van der Waals surface area contributed by atoms with Gasteiger partial charge in [0.1, 0.15) is 36.1 Å². The van der Waals surface area contributed by atoms with Crippen molar-refractivity contribution < 1.29 is 29.2 Å². The van der Waals surface area contributed by atoms with Crippen LogP contribution in [0.1, 0.15) is 98.9 Å². The molecule has 0 aromatic heterocycles. The van der Waals surface area contributed by atoms with Crippen molar-refractivity contribution in [2.24, 2.45) is 11.8 Å². The molecule has 55 heavy (non-hydrogen) atoms. The number of allylic oxidation sites excluding steroid dienone is 3. The van der Waals surface area contributed by atoms with E-state index in [9.17, 15) is 15.0 Å². The molecular formula is C49H54O6. The van der Waals surface area contributed by atoms with Crippen molar-refractivity contribution in [2.75, 3.05) is 7.11 Å². The van der Waals surface area contributed by atoms with Crippen LogP contribution in [-0.4, -0.2) is 29.2 Å². The Balaban J connectivity index is 1.21. The number of aryl methyl sites for hydroxylation is 3. The van der Waals surface area contributed by atoms with E-state index in [-0.39, 0.29) is 35.5 Å². The lowest BCUT2D eigenvalue weighted by molar-refractivity contribution is -0.121. The van der Waals surface area contributed by atoms with Gasteiger partial charge in [0.15, 0.2) is 11.5 Å². The number of phenolic OH excluding ortho intramolecular Hbond substituents is 1. The topological polar surface area (TPSA) is 85.2 Å². The van der Waals surface area contributed by atoms with Crippen molar-refractivity contribution in [3.05, 3.63) is 125 Å². The highest BCUT2D eigenvalue weighted by atomic mass is 16.5. The highest BCUT2D eigenvalue weighted by Crippen LogP contribution is 2.48. The van der Waals surface area contributed by atoms with Gasteiger partial charge in [-0.15, -0.1) is 0 Å². The highest BCUT2D eigenvalue weighted by molar-refractivity contribution is 5.93. The van der Waals surface area contributed by atoms with Crippen LogP contribution < -0.4 is 9.47 Å². The van der Waals surface area contributed by atoms with Crippen LogP contribution in [0.2, 0.25) is 0 Å². The number of aliphatic hydroxyl groups excluding tert-OH is 1. The Morgan fingerprint density at radius 2 is 1.73 bits per heavy atom. The molecule has 8 rings (SSSR count). The molecule has 6 nitrogen and oxygen atoms in total. The number of ether oxygens (including phenoxy) is 3. The molecule has 4 aliphatic rings. The monoisotopic (exact) mass is 738 g/mol. The van der Waals surface area contributed by atoms with E-state index >= 15 is 0 Å². The van der Waals surface area contributed by atoms with E-state index in [4.69, 9.17) is 14.2 Å². The van der Waals surface area contributed by atoms with Crippen LogP contribution in [0, 0.1) is 23.9 Å². The van der Waals surface area contributed by atoms with Gasteiger partial charge in [-0.05, 0) is 139 Å². The Hall–Kier alpha value is -5.15. The zero-order chi connectivity index (χ0) is 38.2. The molecule has 286 valence electrons. The van der Waals surface area contributed by atoms with Crippen LogP contribution in [0.3, 0.4) is 0 Å². The number of unbranched alkanes of at least 4 members (excludes halogenated alkanes) is 1. The van der Waals surface area contributed by atoms with Crippen molar-refractivity contribution in [1.82, 2.24) is 0 Å². The molecule has 0 amide bonds. The third kappa shape index (κ3) is 9.05. The molecule has 0 saturated heterocycles. The molecule has 1 spiro atoms. The Morgan fingerprint density at radius 1 is 0.909 bits per heavy atom. The summed E-state index contributed by atoms with van der Waals surface area (Å²) in [5.41, 5.74) is 4.72. The quantitative estimate of drug-likeness (QED) is 0.131. The maximum atomic E-state index is 13.7. The fourth-order valence-electron chi connectivity index (χ4n) is 8.98. The van der Waals surface area contributed by atoms with Gasteiger partial charge in [0.2, 0.25) is 0 Å². The molecule has 2 N–H and O–H groups in total. The average Bonchev–Trinajstić information content (AvgIpc) is 3.67. The molecule has 1 saturated carbocycles. The summed E-state index contributed by atoms with van der Waals surface area (Å²) in [4.78, 5) is 13.7. The SMILES string of the molecule is CCc1cc(O)c2c3ccc(cc13)COc1cc(ccc1OC)CCC(=O)C[C@H](C[C@H]1C=C(O)C=C[C@H]1CCCCc1ccccc1)OC#CC21CCCC1. The van der Waals surface area contributed by atoms with Crippen LogP contribution in [0.4, 0.5) is 0 Å². The average molecular weight is 739 g/mol. The number of methoxy groups -OCH3 is 1. The first-order chi connectivity index (χ1) is 26.8. The lowest BCUT2D eigenvalue weighted by Gasteiger charge is -2.29. The van der Waals surface area contributed by atoms with Gasteiger partial charge in [-0.2, -0.15) is 0 Å². The molecule has 2 aliphatic carbocycles. The lowest BCUT2D eigenvalue weighted by atomic mass is 9.76. The second kappa shape index (κ2) is 17.5. The molecule has 2 aliphatic heterocycles. The van der Waals surface area contributed by atoms with Crippen molar-refractivity contribution in [1.29, 1.82) is 0 Å².